The standard InChI is InChI=1S/C18H27BrN4O3.HI/c1-3-25-18(24)23-10-8-14(9-11-23)22-17(20)21-12-13(2)26-16-7-5-4-6-15(16)19;/h4-7,13-14H,3,8-12H2,1-2H3,(H3,20,21,22);1H. The Balaban J connectivity index is 0.00000364. The van der Waals surface area contributed by atoms with E-state index in [1.54, 1.807) is 4.90 Å². The van der Waals surface area contributed by atoms with Gasteiger partial charge in [-0.3, -0.25) is 0 Å². The molecule has 0 radical (unpaired) electrons. The maximum atomic E-state index is 11.7. The molecule has 0 saturated carbocycles. The van der Waals surface area contributed by atoms with Crippen molar-refractivity contribution in [1.29, 1.82) is 0 Å². The first-order valence-electron chi connectivity index (χ1n) is 8.89. The Kier molecular flexibility index (Phi) is 10.8. The van der Waals surface area contributed by atoms with Gasteiger partial charge < -0.3 is 25.4 Å². The van der Waals surface area contributed by atoms with Crippen molar-refractivity contribution >= 4 is 52.0 Å². The molecule has 2 rings (SSSR count). The lowest BCUT2D eigenvalue weighted by molar-refractivity contribution is 0.0963. The average molecular weight is 555 g/mol. The van der Waals surface area contributed by atoms with Crippen LogP contribution in [-0.4, -0.2) is 55.3 Å². The van der Waals surface area contributed by atoms with Gasteiger partial charge in [-0.15, -0.1) is 24.0 Å². The lowest BCUT2D eigenvalue weighted by Crippen LogP contribution is -2.48. The summed E-state index contributed by atoms with van der Waals surface area (Å²) in [6, 6.07) is 7.92. The van der Waals surface area contributed by atoms with E-state index in [0.29, 0.717) is 32.2 Å². The third-order valence-corrected chi connectivity index (χ3v) is 4.71. The molecular weight excluding hydrogens is 527 g/mol. The Bertz CT molecular complexity index is 624. The van der Waals surface area contributed by atoms with Crippen LogP contribution in [-0.2, 0) is 4.74 Å². The van der Waals surface area contributed by atoms with Crippen molar-refractivity contribution in [3.63, 3.8) is 0 Å². The van der Waals surface area contributed by atoms with E-state index in [2.05, 4.69) is 26.2 Å². The van der Waals surface area contributed by atoms with Gasteiger partial charge in [0.15, 0.2) is 5.96 Å². The number of rotatable bonds is 6. The van der Waals surface area contributed by atoms with Gasteiger partial charge in [-0.1, -0.05) is 12.1 Å². The molecule has 1 heterocycles. The molecule has 1 saturated heterocycles. The van der Waals surface area contributed by atoms with Crippen molar-refractivity contribution in [2.24, 2.45) is 10.7 Å². The highest BCUT2D eigenvalue weighted by atomic mass is 127. The number of piperidine rings is 1. The number of hydrogen-bond donors (Lipinski definition) is 2. The number of nitrogens with zero attached hydrogens (tertiary/aromatic N) is 2. The molecule has 3 N–H and O–H groups in total. The van der Waals surface area contributed by atoms with Crippen molar-refractivity contribution in [2.75, 3.05) is 26.2 Å². The van der Waals surface area contributed by atoms with Gasteiger partial charge in [0.1, 0.15) is 11.9 Å². The van der Waals surface area contributed by atoms with E-state index in [0.717, 1.165) is 23.1 Å². The number of carbonyl (C=O) groups is 1. The summed E-state index contributed by atoms with van der Waals surface area (Å²) in [5.41, 5.74) is 5.99. The van der Waals surface area contributed by atoms with E-state index in [9.17, 15) is 4.79 Å². The summed E-state index contributed by atoms with van der Waals surface area (Å²) >= 11 is 3.46. The van der Waals surface area contributed by atoms with Gasteiger partial charge in [-0.2, -0.15) is 0 Å². The zero-order chi connectivity index (χ0) is 18.9. The summed E-state index contributed by atoms with van der Waals surface area (Å²) in [7, 11) is 0. The van der Waals surface area contributed by atoms with E-state index in [4.69, 9.17) is 15.2 Å². The van der Waals surface area contributed by atoms with Crippen LogP contribution < -0.4 is 15.8 Å². The fourth-order valence-corrected chi connectivity index (χ4v) is 3.08. The van der Waals surface area contributed by atoms with Gasteiger partial charge in [-0.25, -0.2) is 9.79 Å². The summed E-state index contributed by atoms with van der Waals surface area (Å²) in [5.74, 6) is 1.19. The van der Waals surface area contributed by atoms with Crippen molar-refractivity contribution in [3.05, 3.63) is 28.7 Å². The van der Waals surface area contributed by atoms with Crippen molar-refractivity contribution in [1.82, 2.24) is 10.2 Å². The zero-order valence-corrected chi connectivity index (χ0v) is 19.6. The summed E-state index contributed by atoms with van der Waals surface area (Å²) in [4.78, 5) is 17.8. The van der Waals surface area contributed by atoms with Crippen LogP contribution in [0.25, 0.3) is 0 Å². The predicted octanol–water partition coefficient (Wildman–Crippen LogP) is 3.36. The van der Waals surface area contributed by atoms with E-state index >= 15 is 0 Å². The molecule has 27 heavy (non-hydrogen) atoms. The Hall–Kier alpha value is -1.23. The van der Waals surface area contributed by atoms with Crippen LogP contribution in [0.2, 0.25) is 0 Å². The molecule has 0 bridgehead atoms. The van der Waals surface area contributed by atoms with Gasteiger partial charge in [0.25, 0.3) is 0 Å². The highest BCUT2D eigenvalue weighted by Crippen LogP contribution is 2.24. The third kappa shape index (κ3) is 8.12. The first-order chi connectivity index (χ1) is 12.5. The maximum Gasteiger partial charge on any atom is 0.409 e. The summed E-state index contributed by atoms with van der Waals surface area (Å²) in [5, 5.41) is 3.23. The number of para-hydroxylation sites is 1. The highest BCUT2D eigenvalue weighted by Gasteiger charge is 2.23. The lowest BCUT2D eigenvalue weighted by atomic mass is 10.1. The normalized spacial score (nSPS) is 16.3. The van der Waals surface area contributed by atoms with Crippen molar-refractivity contribution in [2.45, 2.75) is 38.8 Å². The SMILES string of the molecule is CCOC(=O)N1CCC(NC(N)=NCC(C)Oc2ccccc2Br)CC1.I. The Morgan fingerprint density at radius 3 is 2.70 bits per heavy atom. The number of likely N-dealkylation sites (tertiary alicyclic amines) is 1. The molecule has 152 valence electrons. The first-order valence-corrected chi connectivity index (χ1v) is 9.68. The Morgan fingerprint density at radius 2 is 2.07 bits per heavy atom. The molecule has 1 aliphatic heterocycles. The fourth-order valence-electron chi connectivity index (χ4n) is 2.70. The molecule has 1 aliphatic rings. The molecule has 1 fully saturated rings. The number of aliphatic imine (C=N–C) groups is 1. The van der Waals surface area contributed by atoms with E-state index in [-0.39, 0.29) is 42.2 Å². The van der Waals surface area contributed by atoms with E-state index in [1.807, 2.05) is 38.1 Å². The minimum absolute atomic E-state index is 0. The third-order valence-electron chi connectivity index (χ3n) is 4.06. The second kappa shape index (κ2) is 12.3. The van der Waals surface area contributed by atoms with Gasteiger partial charge >= 0.3 is 6.09 Å². The largest absolute Gasteiger partial charge is 0.488 e. The van der Waals surface area contributed by atoms with Gasteiger partial charge in [0.2, 0.25) is 0 Å². The average Bonchev–Trinajstić information content (AvgIpc) is 2.63. The second-order valence-electron chi connectivity index (χ2n) is 6.19. The number of amides is 1. The molecule has 1 atom stereocenters. The molecule has 7 nitrogen and oxygen atoms in total. The van der Waals surface area contributed by atoms with Crippen LogP contribution in [0.3, 0.4) is 0 Å². The molecule has 0 spiro atoms. The number of benzene rings is 1. The number of carbonyl (C=O) groups excluding carboxylic acids is 1. The van der Waals surface area contributed by atoms with Crippen LogP contribution >= 0.6 is 39.9 Å². The van der Waals surface area contributed by atoms with Crippen LogP contribution in [0.1, 0.15) is 26.7 Å². The van der Waals surface area contributed by atoms with E-state index < -0.39 is 0 Å². The van der Waals surface area contributed by atoms with Gasteiger partial charge in [0.05, 0.1) is 17.6 Å². The molecule has 1 amide bonds. The number of nitrogens with one attached hydrogen (secondary N) is 1. The summed E-state index contributed by atoms with van der Waals surface area (Å²) in [6.45, 7) is 5.94. The molecule has 1 aromatic carbocycles. The highest BCUT2D eigenvalue weighted by molar-refractivity contribution is 14.0. The lowest BCUT2D eigenvalue weighted by Gasteiger charge is -2.31. The number of hydrogen-bond acceptors (Lipinski definition) is 4. The number of ether oxygens (including phenoxy) is 2. The Labute approximate surface area is 186 Å². The quantitative estimate of drug-likeness (QED) is 0.320. The summed E-state index contributed by atoms with van der Waals surface area (Å²) < 4.78 is 11.8. The maximum absolute atomic E-state index is 11.7. The molecule has 0 aliphatic carbocycles. The summed E-state index contributed by atoms with van der Waals surface area (Å²) in [6.07, 6.45) is 1.29. The fraction of sp³-hybridized carbons (Fsp3) is 0.556. The molecule has 1 aromatic rings. The Morgan fingerprint density at radius 1 is 1.41 bits per heavy atom. The first kappa shape index (κ1) is 23.8. The van der Waals surface area contributed by atoms with Crippen LogP contribution in [0.15, 0.2) is 33.7 Å². The molecular formula is C18H28BrIN4O3. The minimum Gasteiger partial charge on any atom is -0.488 e. The van der Waals surface area contributed by atoms with Crippen molar-refractivity contribution in [3.8, 4) is 5.75 Å². The monoisotopic (exact) mass is 554 g/mol. The van der Waals surface area contributed by atoms with Crippen LogP contribution in [0, 0.1) is 0 Å². The van der Waals surface area contributed by atoms with Crippen LogP contribution in [0.4, 0.5) is 4.79 Å². The van der Waals surface area contributed by atoms with Gasteiger partial charge in [-0.05, 0) is 54.8 Å². The number of halogens is 2. The van der Waals surface area contributed by atoms with E-state index in [1.165, 1.54) is 0 Å². The topological polar surface area (TPSA) is 89.2 Å². The van der Waals surface area contributed by atoms with Crippen LogP contribution in [0.5, 0.6) is 5.75 Å². The molecule has 0 aromatic heterocycles. The van der Waals surface area contributed by atoms with Gasteiger partial charge in [0, 0.05) is 19.1 Å². The molecule has 9 heteroatoms. The van der Waals surface area contributed by atoms with Crippen molar-refractivity contribution < 1.29 is 14.3 Å². The number of nitrogens with two attached hydrogens (primary N) is 1. The number of guanidine groups is 1. The minimum atomic E-state index is -0.245. The zero-order valence-electron chi connectivity index (χ0n) is 15.7. The smallest absolute Gasteiger partial charge is 0.409 e. The second-order valence-corrected chi connectivity index (χ2v) is 7.04. The molecule has 1 unspecified atom stereocenters. The predicted molar refractivity (Wildman–Crippen MR) is 121 cm³/mol.